The van der Waals surface area contributed by atoms with E-state index in [1.54, 1.807) is 0 Å². The van der Waals surface area contributed by atoms with Crippen molar-refractivity contribution in [1.29, 1.82) is 0 Å². The summed E-state index contributed by atoms with van der Waals surface area (Å²) < 4.78 is 0. The van der Waals surface area contributed by atoms with E-state index in [2.05, 4.69) is 12.2 Å². The Morgan fingerprint density at radius 1 is 1.28 bits per heavy atom. The zero-order valence-corrected chi connectivity index (χ0v) is 11.9. The van der Waals surface area contributed by atoms with E-state index in [0.29, 0.717) is 0 Å². The molecule has 0 bridgehead atoms. The molecule has 0 aromatic rings. The molecule has 0 radical (unpaired) electrons. The molecule has 2 amide bonds. The van der Waals surface area contributed by atoms with Crippen LogP contribution in [0.2, 0.25) is 0 Å². The van der Waals surface area contributed by atoms with Gasteiger partial charge in [0.15, 0.2) is 0 Å². The highest BCUT2D eigenvalue weighted by Crippen LogP contribution is 2.38. The Morgan fingerprint density at radius 2 is 1.83 bits per heavy atom. The van der Waals surface area contributed by atoms with Crippen molar-refractivity contribution in [2.24, 2.45) is 0 Å². The first-order valence-electron chi connectivity index (χ1n) is 7.01. The smallest absolute Gasteiger partial charge is 0.249 e. The van der Waals surface area contributed by atoms with Crippen molar-refractivity contribution in [1.82, 2.24) is 10.2 Å². The van der Waals surface area contributed by atoms with Crippen LogP contribution in [0.25, 0.3) is 0 Å². The van der Waals surface area contributed by atoms with Gasteiger partial charge in [-0.25, -0.2) is 0 Å². The van der Waals surface area contributed by atoms with E-state index < -0.39 is 11.1 Å². The molecule has 1 spiro atoms. The molecule has 0 aromatic heterocycles. The van der Waals surface area contributed by atoms with E-state index in [4.69, 9.17) is 0 Å². The van der Waals surface area contributed by atoms with E-state index in [-0.39, 0.29) is 17.9 Å². The van der Waals surface area contributed by atoms with Gasteiger partial charge in [0.25, 0.3) is 0 Å². The van der Waals surface area contributed by atoms with Gasteiger partial charge < -0.3 is 10.2 Å². The van der Waals surface area contributed by atoms with Crippen LogP contribution in [-0.4, -0.2) is 33.8 Å². The minimum absolute atomic E-state index is 0.00991. The summed E-state index contributed by atoms with van der Waals surface area (Å²) in [5.74, 6) is 0.114. The molecule has 4 nitrogen and oxygen atoms in total. The predicted molar refractivity (Wildman–Crippen MR) is 70.0 cm³/mol. The molecule has 1 unspecified atom stereocenters. The summed E-state index contributed by atoms with van der Waals surface area (Å²) in [6, 6.07) is 0.107. The Labute approximate surface area is 109 Å². The predicted octanol–water partition coefficient (Wildman–Crippen LogP) is 1.83. The number of hydrogen-bond donors (Lipinski definition) is 1. The maximum Gasteiger partial charge on any atom is 0.249 e. The third kappa shape index (κ3) is 1.73. The monoisotopic (exact) mass is 252 g/mol. The highest BCUT2D eigenvalue weighted by atomic mass is 16.2. The van der Waals surface area contributed by atoms with Crippen LogP contribution in [-0.2, 0) is 9.59 Å². The lowest BCUT2D eigenvalue weighted by Crippen LogP contribution is -2.74. The van der Waals surface area contributed by atoms with Crippen molar-refractivity contribution < 1.29 is 9.59 Å². The lowest BCUT2D eigenvalue weighted by molar-refractivity contribution is -0.164. The fraction of sp³-hybridized carbons (Fsp3) is 0.857. The fourth-order valence-electron chi connectivity index (χ4n) is 3.27. The van der Waals surface area contributed by atoms with Crippen LogP contribution in [0.5, 0.6) is 0 Å². The van der Waals surface area contributed by atoms with E-state index in [1.807, 2.05) is 25.7 Å². The second-order valence-corrected chi connectivity index (χ2v) is 6.23. The van der Waals surface area contributed by atoms with Gasteiger partial charge in [-0.3, -0.25) is 9.59 Å². The Balaban J connectivity index is 2.39. The lowest BCUT2D eigenvalue weighted by atomic mass is 9.84. The van der Waals surface area contributed by atoms with Gasteiger partial charge in [-0.15, -0.1) is 0 Å². The minimum Gasteiger partial charge on any atom is -0.340 e. The number of nitrogens with zero attached hydrogens (tertiary/aromatic N) is 1. The van der Waals surface area contributed by atoms with Crippen LogP contribution < -0.4 is 5.32 Å². The molecule has 1 atom stereocenters. The summed E-state index contributed by atoms with van der Waals surface area (Å²) in [5, 5.41) is 3.01. The van der Waals surface area contributed by atoms with Crippen molar-refractivity contribution in [3.63, 3.8) is 0 Å². The van der Waals surface area contributed by atoms with E-state index >= 15 is 0 Å². The van der Waals surface area contributed by atoms with E-state index in [0.717, 1.165) is 32.1 Å². The van der Waals surface area contributed by atoms with Crippen molar-refractivity contribution >= 4 is 11.8 Å². The lowest BCUT2D eigenvalue weighted by Gasteiger charge is -2.51. The number of hydrogen-bond acceptors (Lipinski definition) is 2. The van der Waals surface area contributed by atoms with Gasteiger partial charge in [-0.2, -0.15) is 0 Å². The molecule has 1 N–H and O–H groups in total. The van der Waals surface area contributed by atoms with Gasteiger partial charge >= 0.3 is 0 Å². The summed E-state index contributed by atoms with van der Waals surface area (Å²) >= 11 is 0. The Kier molecular flexibility index (Phi) is 3.16. The zero-order valence-electron chi connectivity index (χ0n) is 11.9. The highest BCUT2D eigenvalue weighted by molar-refractivity contribution is 6.02. The fourth-order valence-corrected chi connectivity index (χ4v) is 3.27. The quantitative estimate of drug-likeness (QED) is 0.815. The van der Waals surface area contributed by atoms with Crippen molar-refractivity contribution in [3.05, 3.63) is 0 Å². The van der Waals surface area contributed by atoms with Gasteiger partial charge in [0, 0.05) is 6.04 Å². The first-order chi connectivity index (χ1) is 8.35. The topological polar surface area (TPSA) is 49.4 Å². The molecule has 1 aliphatic heterocycles. The highest BCUT2D eigenvalue weighted by Gasteiger charge is 2.56. The zero-order chi connectivity index (χ0) is 13.6. The maximum atomic E-state index is 12.8. The average molecular weight is 252 g/mol. The molecule has 2 fully saturated rings. The third-order valence-electron chi connectivity index (χ3n) is 4.63. The van der Waals surface area contributed by atoms with Crippen molar-refractivity contribution in [2.75, 3.05) is 0 Å². The Morgan fingerprint density at radius 3 is 2.33 bits per heavy atom. The molecular weight excluding hydrogens is 228 g/mol. The van der Waals surface area contributed by atoms with Crippen LogP contribution in [0.15, 0.2) is 0 Å². The number of piperazine rings is 1. The first-order valence-corrected chi connectivity index (χ1v) is 7.01. The molecule has 4 heteroatoms. The van der Waals surface area contributed by atoms with Crippen LogP contribution >= 0.6 is 0 Å². The number of rotatable bonds is 2. The Hall–Kier alpha value is -1.06. The molecule has 2 aliphatic rings. The van der Waals surface area contributed by atoms with Gasteiger partial charge in [-0.05, 0) is 40.0 Å². The molecule has 2 rings (SSSR count). The second kappa shape index (κ2) is 4.25. The van der Waals surface area contributed by atoms with Gasteiger partial charge in [-0.1, -0.05) is 19.8 Å². The summed E-state index contributed by atoms with van der Waals surface area (Å²) in [6.45, 7) is 7.77. The largest absolute Gasteiger partial charge is 0.340 e. The molecule has 1 heterocycles. The van der Waals surface area contributed by atoms with Crippen LogP contribution in [0.4, 0.5) is 0 Å². The van der Waals surface area contributed by atoms with Crippen LogP contribution in [0.3, 0.4) is 0 Å². The van der Waals surface area contributed by atoms with Crippen molar-refractivity contribution in [3.8, 4) is 0 Å². The third-order valence-corrected chi connectivity index (χ3v) is 4.63. The SMILES string of the molecule is CCC(C)N1C(=O)C2(CCCC2)NC(=O)C1(C)C. The second-order valence-electron chi connectivity index (χ2n) is 6.23. The summed E-state index contributed by atoms with van der Waals surface area (Å²) in [5.41, 5.74) is -1.34. The standard InChI is InChI=1S/C14H24N2O2/c1-5-10(2)16-12(18)14(8-6-7-9-14)15-11(17)13(16,3)4/h10H,5-9H2,1-4H3,(H,15,17). The molecule has 0 aromatic carbocycles. The molecule has 1 saturated heterocycles. The molecule has 1 saturated carbocycles. The number of nitrogens with one attached hydrogen (secondary N) is 1. The molecule has 102 valence electrons. The maximum absolute atomic E-state index is 12.8. The first kappa shape index (κ1) is 13.4. The average Bonchev–Trinajstić information content (AvgIpc) is 2.76. The number of amides is 2. The van der Waals surface area contributed by atoms with Gasteiger partial charge in [0.05, 0.1) is 0 Å². The van der Waals surface area contributed by atoms with E-state index in [9.17, 15) is 9.59 Å². The molecule has 18 heavy (non-hydrogen) atoms. The van der Waals surface area contributed by atoms with Crippen molar-refractivity contribution in [2.45, 2.75) is 76.9 Å². The minimum atomic E-state index is -0.736. The van der Waals surface area contributed by atoms with E-state index in [1.165, 1.54) is 0 Å². The Bertz CT molecular complexity index is 370. The number of carbonyl (C=O) groups is 2. The van der Waals surface area contributed by atoms with Crippen LogP contribution in [0, 0.1) is 0 Å². The summed E-state index contributed by atoms with van der Waals surface area (Å²) in [7, 11) is 0. The van der Waals surface area contributed by atoms with Gasteiger partial charge in [0.2, 0.25) is 11.8 Å². The molecule has 1 aliphatic carbocycles. The van der Waals surface area contributed by atoms with Crippen LogP contribution in [0.1, 0.15) is 59.8 Å². The molecular formula is C14H24N2O2. The van der Waals surface area contributed by atoms with Gasteiger partial charge in [0.1, 0.15) is 11.1 Å². The summed E-state index contributed by atoms with van der Waals surface area (Å²) in [4.78, 5) is 27.0. The normalized spacial score (nSPS) is 27.4. The summed E-state index contributed by atoms with van der Waals surface area (Å²) in [6.07, 6.45) is 4.52. The number of carbonyl (C=O) groups excluding carboxylic acids is 2.